The lowest BCUT2D eigenvalue weighted by Crippen LogP contribution is -2.38. The number of carbonyl (C=O) groups excluding carboxylic acids is 2. The maximum atomic E-state index is 11.7. The van der Waals surface area contributed by atoms with Gasteiger partial charge in [-0.2, -0.15) is 0 Å². The van der Waals surface area contributed by atoms with Crippen LogP contribution in [0.3, 0.4) is 0 Å². The van der Waals surface area contributed by atoms with E-state index in [9.17, 15) is 9.59 Å². The van der Waals surface area contributed by atoms with Crippen molar-refractivity contribution in [1.82, 2.24) is 10.3 Å². The maximum Gasteiger partial charge on any atom is 0.231 e. The number of thioether (sulfide) groups is 2. The molecule has 4 nitrogen and oxygen atoms in total. The molecule has 0 saturated carbocycles. The summed E-state index contributed by atoms with van der Waals surface area (Å²) in [5.41, 5.74) is 0. The zero-order valence-corrected chi connectivity index (χ0v) is 11.8. The van der Waals surface area contributed by atoms with Crippen molar-refractivity contribution in [3.8, 4) is 0 Å². The van der Waals surface area contributed by atoms with Gasteiger partial charge in [-0.25, -0.2) is 4.98 Å². The lowest BCUT2D eigenvalue weighted by atomic mass is 10.2. The zero-order valence-electron chi connectivity index (χ0n) is 9.39. The van der Waals surface area contributed by atoms with Gasteiger partial charge in [0.25, 0.3) is 0 Å². The summed E-state index contributed by atoms with van der Waals surface area (Å²) >= 11 is 8.47. The molecule has 1 amide bonds. The van der Waals surface area contributed by atoms with Crippen LogP contribution in [0.2, 0.25) is 5.02 Å². The van der Waals surface area contributed by atoms with Crippen LogP contribution in [0.15, 0.2) is 23.4 Å². The van der Waals surface area contributed by atoms with E-state index in [-0.39, 0.29) is 22.8 Å². The first-order valence-electron chi connectivity index (χ1n) is 5.36. The Morgan fingerprint density at radius 1 is 1.67 bits per heavy atom. The number of hydrogen-bond donors (Lipinski definition) is 1. The van der Waals surface area contributed by atoms with Crippen LogP contribution < -0.4 is 5.32 Å². The molecule has 1 aliphatic rings. The van der Waals surface area contributed by atoms with Gasteiger partial charge in [0.15, 0.2) is 0 Å². The molecule has 96 valence electrons. The second-order valence-electron chi connectivity index (χ2n) is 3.66. The maximum absolute atomic E-state index is 11.7. The fourth-order valence-electron chi connectivity index (χ4n) is 1.47. The Labute approximate surface area is 118 Å². The van der Waals surface area contributed by atoms with E-state index >= 15 is 0 Å². The van der Waals surface area contributed by atoms with Crippen molar-refractivity contribution in [3.63, 3.8) is 0 Å². The fraction of sp³-hybridized carbons (Fsp3) is 0.364. The van der Waals surface area contributed by atoms with E-state index in [1.807, 2.05) is 0 Å². The van der Waals surface area contributed by atoms with E-state index in [1.54, 1.807) is 18.3 Å². The molecule has 0 aromatic carbocycles. The normalized spacial score (nSPS) is 18.9. The Morgan fingerprint density at radius 2 is 2.50 bits per heavy atom. The van der Waals surface area contributed by atoms with Crippen molar-refractivity contribution < 1.29 is 9.59 Å². The Hall–Kier alpha value is -0.720. The van der Waals surface area contributed by atoms with Crippen molar-refractivity contribution in [2.24, 2.45) is 0 Å². The summed E-state index contributed by atoms with van der Waals surface area (Å²) in [6.45, 7) is 0. The number of nitrogens with zero attached hydrogens (tertiary/aromatic N) is 1. The summed E-state index contributed by atoms with van der Waals surface area (Å²) in [6.07, 6.45) is 2.34. The van der Waals surface area contributed by atoms with Crippen LogP contribution in [0.1, 0.15) is 6.42 Å². The highest BCUT2D eigenvalue weighted by atomic mass is 35.5. The molecule has 7 heteroatoms. The third kappa shape index (κ3) is 3.63. The van der Waals surface area contributed by atoms with Crippen LogP contribution in [0, 0.1) is 0 Å². The van der Waals surface area contributed by atoms with Gasteiger partial charge < -0.3 is 5.32 Å². The quantitative estimate of drug-likeness (QED) is 0.862. The van der Waals surface area contributed by atoms with Crippen LogP contribution in [-0.2, 0) is 9.59 Å². The van der Waals surface area contributed by atoms with Crippen LogP contribution in [-0.4, -0.2) is 33.6 Å². The third-order valence-corrected chi connectivity index (χ3v) is 4.77. The predicted molar refractivity (Wildman–Crippen MR) is 74.0 cm³/mol. The number of rotatable bonds is 4. The standard InChI is InChI=1S/C11H11ClN2O2S2/c12-7-2-1-4-13-10(7)18-6-9(15)14-8-3-5-17-11(8)16/h1-2,4,8H,3,5-6H2,(H,14,15). The molecular weight excluding hydrogens is 292 g/mol. The van der Waals surface area contributed by atoms with Gasteiger partial charge in [0.2, 0.25) is 11.0 Å². The van der Waals surface area contributed by atoms with E-state index in [1.165, 1.54) is 23.5 Å². The Balaban J connectivity index is 1.82. The largest absolute Gasteiger partial charge is 0.345 e. The molecule has 18 heavy (non-hydrogen) atoms. The third-order valence-electron chi connectivity index (χ3n) is 2.34. The zero-order chi connectivity index (χ0) is 13.0. The van der Waals surface area contributed by atoms with Crippen molar-refractivity contribution in [1.29, 1.82) is 0 Å². The molecular formula is C11H11ClN2O2S2. The summed E-state index contributed by atoms with van der Waals surface area (Å²) in [5, 5.41) is 3.92. The predicted octanol–water partition coefficient (Wildman–Crippen LogP) is 1.98. The second-order valence-corrected chi connectivity index (χ2v) is 6.13. The molecule has 0 radical (unpaired) electrons. The minimum absolute atomic E-state index is 0.0456. The van der Waals surface area contributed by atoms with E-state index < -0.39 is 0 Å². The molecule has 0 spiro atoms. The number of nitrogens with one attached hydrogen (secondary N) is 1. The van der Waals surface area contributed by atoms with Gasteiger partial charge in [-0.15, -0.1) is 0 Å². The number of aromatic nitrogens is 1. The lowest BCUT2D eigenvalue weighted by Gasteiger charge is -2.09. The van der Waals surface area contributed by atoms with Gasteiger partial charge >= 0.3 is 0 Å². The number of carbonyl (C=O) groups is 2. The van der Waals surface area contributed by atoms with Crippen molar-refractivity contribution in [2.45, 2.75) is 17.5 Å². The van der Waals surface area contributed by atoms with Gasteiger partial charge in [-0.3, -0.25) is 9.59 Å². The Kier molecular flexibility index (Phi) is 4.91. The minimum atomic E-state index is -0.331. The van der Waals surface area contributed by atoms with Gasteiger partial charge in [0.1, 0.15) is 5.03 Å². The monoisotopic (exact) mass is 302 g/mol. The Bertz CT molecular complexity index is 470. The summed E-state index contributed by atoms with van der Waals surface area (Å²) < 4.78 is 0. The summed E-state index contributed by atoms with van der Waals surface area (Å²) in [5.74, 6) is 0.830. The van der Waals surface area contributed by atoms with E-state index in [4.69, 9.17) is 11.6 Å². The molecule has 1 aromatic rings. The molecule has 1 aliphatic heterocycles. The highest BCUT2D eigenvalue weighted by Gasteiger charge is 2.26. The van der Waals surface area contributed by atoms with Crippen LogP contribution >= 0.6 is 35.1 Å². The smallest absolute Gasteiger partial charge is 0.231 e. The van der Waals surface area contributed by atoms with Crippen LogP contribution in [0.5, 0.6) is 0 Å². The summed E-state index contributed by atoms with van der Waals surface area (Å²) in [7, 11) is 0. The first-order chi connectivity index (χ1) is 8.66. The second kappa shape index (κ2) is 6.45. The number of amides is 1. The van der Waals surface area contributed by atoms with Gasteiger partial charge in [0.05, 0.1) is 16.8 Å². The van der Waals surface area contributed by atoms with Gasteiger partial charge in [0, 0.05) is 11.9 Å². The number of halogens is 1. The molecule has 1 N–H and O–H groups in total. The summed E-state index contributed by atoms with van der Waals surface area (Å²) in [4.78, 5) is 27.1. The van der Waals surface area contributed by atoms with Crippen molar-refractivity contribution >= 4 is 46.1 Å². The molecule has 0 bridgehead atoms. The number of hydrogen-bond acceptors (Lipinski definition) is 5. The minimum Gasteiger partial charge on any atom is -0.345 e. The SMILES string of the molecule is O=C(CSc1ncccc1Cl)NC1CCSC1=O. The highest BCUT2D eigenvalue weighted by Crippen LogP contribution is 2.24. The van der Waals surface area contributed by atoms with Gasteiger partial charge in [-0.05, 0) is 18.6 Å². The van der Waals surface area contributed by atoms with Crippen molar-refractivity contribution in [2.75, 3.05) is 11.5 Å². The molecule has 2 rings (SSSR count). The molecule has 1 fully saturated rings. The lowest BCUT2D eigenvalue weighted by molar-refractivity contribution is -0.122. The van der Waals surface area contributed by atoms with Crippen LogP contribution in [0.25, 0.3) is 0 Å². The highest BCUT2D eigenvalue weighted by molar-refractivity contribution is 8.14. The van der Waals surface area contributed by atoms with Crippen molar-refractivity contribution in [3.05, 3.63) is 23.4 Å². The van der Waals surface area contributed by atoms with E-state index in [2.05, 4.69) is 10.3 Å². The molecule has 1 aromatic heterocycles. The first kappa shape index (κ1) is 13.7. The molecule has 0 aliphatic carbocycles. The van der Waals surface area contributed by atoms with Gasteiger partial charge in [-0.1, -0.05) is 35.1 Å². The number of pyridine rings is 1. The first-order valence-corrected chi connectivity index (χ1v) is 7.71. The van der Waals surface area contributed by atoms with Crippen LogP contribution in [0.4, 0.5) is 0 Å². The van der Waals surface area contributed by atoms with E-state index in [0.717, 1.165) is 5.75 Å². The fourth-order valence-corrected chi connectivity index (χ4v) is 3.38. The Morgan fingerprint density at radius 3 is 3.17 bits per heavy atom. The molecule has 1 unspecified atom stereocenters. The topological polar surface area (TPSA) is 59.1 Å². The average molecular weight is 303 g/mol. The molecule has 1 saturated heterocycles. The molecule has 2 heterocycles. The summed E-state index contributed by atoms with van der Waals surface area (Å²) in [6, 6.07) is 3.13. The molecule has 1 atom stereocenters. The van der Waals surface area contributed by atoms with E-state index in [0.29, 0.717) is 16.5 Å². The average Bonchev–Trinajstić information content (AvgIpc) is 2.74.